The van der Waals surface area contributed by atoms with Crippen LogP contribution in [-0.2, 0) is 4.74 Å². The Hall–Kier alpha value is -3.59. The van der Waals surface area contributed by atoms with E-state index in [2.05, 4.69) is 27.1 Å². The maximum absolute atomic E-state index is 11.7. The smallest absolute Gasteiger partial charge is 0.408 e. The average Bonchev–Trinajstić information content (AvgIpc) is 3.30. The molecule has 25 heavy (non-hydrogen) atoms. The lowest BCUT2D eigenvalue weighted by Gasteiger charge is -2.14. The summed E-state index contributed by atoms with van der Waals surface area (Å²) >= 11 is 0. The van der Waals surface area contributed by atoms with Crippen LogP contribution in [0.1, 0.15) is 34.7 Å². The summed E-state index contributed by atoms with van der Waals surface area (Å²) in [6.07, 6.45) is 5.15. The molecule has 3 aromatic rings. The van der Waals surface area contributed by atoms with Crippen molar-refractivity contribution in [3.8, 4) is 11.8 Å². The molecule has 1 N–H and O–H groups in total. The SMILES string of the molecule is O=C1N[C@@H](c2cncc(C#Cc3ccccc3)c2)[C@H](c2ncco2)O1. The number of pyridine rings is 1. The summed E-state index contributed by atoms with van der Waals surface area (Å²) in [5.74, 6) is 6.50. The molecule has 0 radical (unpaired) electrons. The monoisotopic (exact) mass is 331 g/mol. The van der Waals surface area contributed by atoms with Crippen molar-refractivity contribution in [1.29, 1.82) is 0 Å². The normalized spacial score (nSPS) is 18.8. The molecule has 1 fully saturated rings. The third-order valence-electron chi connectivity index (χ3n) is 3.75. The first-order valence-electron chi connectivity index (χ1n) is 7.68. The van der Waals surface area contributed by atoms with Crippen molar-refractivity contribution in [1.82, 2.24) is 15.3 Å². The number of carbonyl (C=O) groups excluding carboxylic acids is 1. The van der Waals surface area contributed by atoms with Gasteiger partial charge in [0.2, 0.25) is 12.0 Å². The molecule has 4 rings (SSSR count). The Balaban J connectivity index is 1.63. The lowest BCUT2D eigenvalue weighted by atomic mass is 10.0. The van der Waals surface area contributed by atoms with Gasteiger partial charge in [-0.3, -0.25) is 4.98 Å². The van der Waals surface area contributed by atoms with Gasteiger partial charge in [-0.1, -0.05) is 30.0 Å². The van der Waals surface area contributed by atoms with E-state index in [1.54, 1.807) is 12.4 Å². The van der Waals surface area contributed by atoms with E-state index in [9.17, 15) is 4.79 Å². The fourth-order valence-corrected chi connectivity index (χ4v) is 2.61. The first-order valence-corrected chi connectivity index (χ1v) is 7.68. The van der Waals surface area contributed by atoms with Crippen LogP contribution >= 0.6 is 0 Å². The zero-order chi connectivity index (χ0) is 17.1. The van der Waals surface area contributed by atoms with E-state index in [-0.39, 0.29) is 0 Å². The molecule has 1 saturated heterocycles. The molecule has 3 heterocycles. The third-order valence-corrected chi connectivity index (χ3v) is 3.75. The van der Waals surface area contributed by atoms with Crippen molar-refractivity contribution in [3.05, 3.63) is 83.8 Å². The Labute approximate surface area is 143 Å². The van der Waals surface area contributed by atoms with Crippen LogP contribution in [0.3, 0.4) is 0 Å². The molecular formula is C19H13N3O3. The molecule has 1 aliphatic rings. The summed E-state index contributed by atoms with van der Waals surface area (Å²) in [6, 6.07) is 11.1. The number of ether oxygens (including phenoxy) is 1. The summed E-state index contributed by atoms with van der Waals surface area (Å²) < 4.78 is 10.5. The Morgan fingerprint density at radius 1 is 1.08 bits per heavy atom. The standard InChI is InChI=1S/C19H13N3O3/c23-19-22-16(17(25-19)18-21-8-9-24-18)15-10-14(11-20-12-15)7-6-13-4-2-1-3-5-13/h1-5,8-12,16-17H,(H,22,23)/t16-,17+/m0/s1. The highest BCUT2D eigenvalue weighted by Crippen LogP contribution is 2.35. The lowest BCUT2D eigenvalue weighted by Crippen LogP contribution is -2.20. The van der Waals surface area contributed by atoms with Gasteiger partial charge in [0.1, 0.15) is 12.3 Å². The molecule has 0 bridgehead atoms. The molecule has 0 spiro atoms. The van der Waals surface area contributed by atoms with Crippen molar-refractivity contribution >= 4 is 6.09 Å². The zero-order valence-electron chi connectivity index (χ0n) is 13.0. The first-order chi connectivity index (χ1) is 12.3. The van der Waals surface area contributed by atoms with Gasteiger partial charge in [0.05, 0.1) is 6.20 Å². The van der Waals surface area contributed by atoms with Crippen LogP contribution in [-0.4, -0.2) is 16.1 Å². The Kier molecular flexibility index (Phi) is 3.89. The van der Waals surface area contributed by atoms with Crippen molar-refractivity contribution in [2.24, 2.45) is 0 Å². The molecule has 6 heteroatoms. The van der Waals surface area contributed by atoms with Gasteiger partial charge in [-0.2, -0.15) is 0 Å². The van der Waals surface area contributed by atoms with Gasteiger partial charge < -0.3 is 14.5 Å². The Bertz CT molecular complexity index is 943. The highest BCUT2D eigenvalue weighted by Gasteiger charge is 2.39. The van der Waals surface area contributed by atoms with Gasteiger partial charge in [-0.05, 0) is 23.8 Å². The van der Waals surface area contributed by atoms with E-state index in [1.807, 2.05) is 36.4 Å². The average molecular weight is 331 g/mol. The van der Waals surface area contributed by atoms with Crippen LogP contribution in [0.5, 0.6) is 0 Å². The highest BCUT2D eigenvalue weighted by atomic mass is 16.6. The van der Waals surface area contributed by atoms with Crippen molar-refractivity contribution in [3.63, 3.8) is 0 Å². The molecule has 122 valence electrons. The minimum absolute atomic E-state index is 0.337. The summed E-state index contributed by atoms with van der Waals surface area (Å²) in [5.41, 5.74) is 2.44. The van der Waals surface area contributed by atoms with Crippen molar-refractivity contribution < 1.29 is 13.9 Å². The van der Waals surface area contributed by atoms with Crippen molar-refractivity contribution in [2.75, 3.05) is 0 Å². The van der Waals surface area contributed by atoms with Crippen LogP contribution in [0.2, 0.25) is 0 Å². The molecule has 6 nitrogen and oxygen atoms in total. The van der Waals surface area contributed by atoms with Crippen LogP contribution in [0, 0.1) is 11.8 Å². The van der Waals surface area contributed by atoms with Crippen LogP contribution in [0.4, 0.5) is 4.79 Å². The number of benzene rings is 1. The summed E-state index contributed by atoms with van der Waals surface area (Å²) in [5, 5.41) is 2.76. The molecule has 1 aromatic carbocycles. The summed E-state index contributed by atoms with van der Waals surface area (Å²) in [6.45, 7) is 0. The number of rotatable bonds is 2. The lowest BCUT2D eigenvalue weighted by molar-refractivity contribution is 0.114. The van der Waals surface area contributed by atoms with Crippen LogP contribution in [0.15, 0.2) is 65.7 Å². The quantitative estimate of drug-likeness (QED) is 0.731. The van der Waals surface area contributed by atoms with E-state index in [4.69, 9.17) is 9.15 Å². The Morgan fingerprint density at radius 2 is 1.92 bits per heavy atom. The van der Waals surface area contributed by atoms with E-state index in [0.29, 0.717) is 5.89 Å². The summed E-state index contributed by atoms with van der Waals surface area (Å²) in [7, 11) is 0. The van der Waals surface area contributed by atoms with Gasteiger partial charge >= 0.3 is 6.09 Å². The van der Waals surface area contributed by atoms with Gasteiger partial charge in [0.15, 0.2) is 0 Å². The number of aromatic nitrogens is 2. The number of nitrogens with one attached hydrogen (secondary N) is 1. The third kappa shape index (κ3) is 3.21. The van der Waals surface area contributed by atoms with Gasteiger partial charge in [-0.15, -0.1) is 0 Å². The maximum atomic E-state index is 11.7. The molecule has 1 aliphatic heterocycles. The minimum Gasteiger partial charge on any atom is -0.445 e. The predicted molar refractivity (Wildman–Crippen MR) is 88.3 cm³/mol. The van der Waals surface area contributed by atoms with E-state index >= 15 is 0 Å². The van der Waals surface area contributed by atoms with Gasteiger partial charge in [0.25, 0.3) is 0 Å². The second-order valence-corrected chi connectivity index (χ2v) is 5.44. The molecule has 2 atom stereocenters. The molecule has 0 saturated carbocycles. The maximum Gasteiger partial charge on any atom is 0.408 e. The molecule has 2 aromatic heterocycles. The number of alkyl carbamates (subject to hydrolysis) is 1. The van der Waals surface area contributed by atoms with E-state index in [0.717, 1.165) is 16.7 Å². The fourth-order valence-electron chi connectivity index (χ4n) is 2.61. The second-order valence-electron chi connectivity index (χ2n) is 5.44. The van der Waals surface area contributed by atoms with Gasteiger partial charge in [0, 0.05) is 23.5 Å². The second kappa shape index (κ2) is 6.49. The van der Waals surface area contributed by atoms with Gasteiger partial charge in [-0.25, -0.2) is 9.78 Å². The number of carbonyl (C=O) groups is 1. The largest absolute Gasteiger partial charge is 0.445 e. The molecule has 0 unspecified atom stereocenters. The highest BCUT2D eigenvalue weighted by molar-refractivity contribution is 5.71. The molecule has 1 amide bonds. The number of nitrogens with zero attached hydrogens (tertiary/aromatic N) is 2. The van der Waals surface area contributed by atoms with Crippen LogP contribution < -0.4 is 5.32 Å². The number of cyclic esters (lactones) is 1. The summed E-state index contributed by atoms with van der Waals surface area (Å²) in [4.78, 5) is 20.0. The number of amides is 1. The van der Waals surface area contributed by atoms with E-state index < -0.39 is 18.2 Å². The number of hydrogen-bond donors (Lipinski definition) is 1. The van der Waals surface area contributed by atoms with Crippen LogP contribution in [0.25, 0.3) is 0 Å². The molecular weight excluding hydrogens is 318 g/mol. The predicted octanol–water partition coefficient (Wildman–Crippen LogP) is 2.99. The Morgan fingerprint density at radius 3 is 2.72 bits per heavy atom. The van der Waals surface area contributed by atoms with E-state index in [1.165, 1.54) is 12.5 Å². The van der Waals surface area contributed by atoms with Crippen molar-refractivity contribution in [2.45, 2.75) is 12.1 Å². The molecule has 0 aliphatic carbocycles. The first kappa shape index (κ1) is 15.0. The minimum atomic E-state index is -0.637. The topological polar surface area (TPSA) is 77.3 Å². The number of hydrogen-bond acceptors (Lipinski definition) is 5. The zero-order valence-corrected chi connectivity index (χ0v) is 13.0. The number of oxazole rings is 1. The fraction of sp³-hybridized carbons (Fsp3) is 0.105.